The number of hydrogen-bond acceptors (Lipinski definition) is 10. The predicted octanol–water partition coefficient (Wildman–Crippen LogP) is 5.08. The van der Waals surface area contributed by atoms with E-state index in [1.807, 2.05) is 52.7 Å². The molecule has 0 unspecified atom stereocenters. The minimum absolute atomic E-state index is 0.0600. The number of hydrogen-bond donors (Lipinski definition) is 1. The molecule has 0 aliphatic carbocycles. The molecule has 2 N–H and O–H groups in total. The van der Waals surface area contributed by atoms with Crippen LogP contribution in [-0.2, 0) is 0 Å². The van der Waals surface area contributed by atoms with Gasteiger partial charge in [0.2, 0.25) is 0 Å². The van der Waals surface area contributed by atoms with E-state index in [1.165, 1.54) is 4.90 Å². The summed E-state index contributed by atoms with van der Waals surface area (Å²) >= 11 is 3.82. The first-order valence-corrected chi connectivity index (χ1v) is 18.4. The van der Waals surface area contributed by atoms with Crippen molar-refractivity contribution in [2.45, 2.75) is 37.3 Å². The average Bonchev–Trinajstić information content (AvgIpc) is 3.58. The lowest BCUT2D eigenvalue weighted by molar-refractivity contribution is 0.0297. The molecular formula is C35H43N5O5S2. The summed E-state index contributed by atoms with van der Waals surface area (Å²) in [5, 5.41) is 1.64. The van der Waals surface area contributed by atoms with Gasteiger partial charge in [-0.3, -0.25) is 29.1 Å². The van der Waals surface area contributed by atoms with E-state index in [0.717, 1.165) is 41.7 Å². The number of nitrogens with two attached hydrogens (primary N) is 1. The fourth-order valence-corrected chi connectivity index (χ4v) is 9.61. The first-order valence-electron chi connectivity index (χ1n) is 16.3. The van der Waals surface area contributed by atoms with Gasteiger partial charge in [-0.25, -0.2) is 0 Å². The largest absolute Gasteiger partial charge is 0.493 e. The molecule has 250 valence electrons. The van der Waals surface area contributed by atoms with Crippen molar-refractivity contribution >= 4 is 57.7 Å². The van der Waals surface area contributed by atoms with Gasteiger partial charge >= 0.3 is 0 Å². The number of piperazine rings is 1. The molecule has 2 fully saturated rings. The summed E-state index contributed by atoms with van der Waals surface area (Å²) in [5.41, 5.74) is 8.43. The van der Waals surface area contributed by atoms with Crippen molar-refractivity contribution in [2.75, 3.05) is 70.5 Å². The highest BCUT2D eigenvalue weighted by atomic mass is 32.2. The van der Waals surface area contributed by atoms with Crippen LogP contribution in [0.25, 0.3) is 10.8 Å². The summed E-state index contributed by atoms with van der Waals surface area (Å²) in [7, 11) is 1.57. The Hall–Kier alpha value is -3.45. The Labute approximate surface area is 284 Å². The van der Waals surface area contributed by atoms with E-state index in [1.54, 1.807) is 31.4 Å². The highest BCUT2D eigenvalue weighted by Crippen LogP contribution is 2.38. The van der Waals surface area contributed by atoms with Crippen LogP contribution in [0.15, 0.2) is 48.5 Å². The second kappa shape index (κ2) is 14.8. The van der Waals surface area contributed by atoms with Gasteiger partial charge in [0.15, 0.2) is 11.5 Å². The summed E-state index contributed by atoms with van der Waals surface area (Å²) in [6.45, 7) is 8.33. The lowest BCUT2D eigenvalue weighted by Gasteiger charge is -2.37. The van der Waals surface area contributed by atoms with Gasteiger partial charge in [0.25, 0.3) is 17.7 Å². The first kappa shape index (κ1) is 33.5. The van der Waals surface area contributed by atoms with Gasteiger partial charge < -0.3 is 20.1 Å². The molecule has 47 heavy (non-hydrogen) atoms. The van der Waals surface area contributed by atoms with E-state index in [4.69, 9.17) is 15.2 Å². The Morgan fingerprint density at radius 2 is 1.55 bits per heavy atom. The Morgan fingerprint density at radius 1 is 0.915 bits per heavy atom. The molecule has 0 radical (unpaired) electrons. The molecule has 0 aromatic heterocycles. The maximum absolute atomic E-state index is 13.8. The molecule has 0 saturated carbocycles. The van der Waals surface area contributed by atoms with E-state index < -0.39 is 0 Å². The van der Waals surface area contributed by atoms with E-state index in [-0.39, 0.29) is 30.4 Å². The molecule has 3 heterocycles. The molecule has 1 atom stereocenters. The molecule has 3 aliphatic heterocycles. The second-order valence-corrected chi connectivity index (χ2v) is 15.1. The maximum Gasteiger partial charge on any atom is 0.262 e. The number of ether oxygens (including phenoxy) is 2. The number of imide groups is 1. The Bertz CT molecular complexity index is 1590. The molecule has 12 heteroatoms. The number of nitrogen functional groups attached to an aromatic ring is 1. The van der Waals surface area contributed by atoms with Gasteiger partial charge in [-0.05, 0) is 47.9 Å². The molecule has 10 nitrogen and oxygen atoms in total. The zero-order valence-corrected chi connectivity index (χ0v) is 28.9. The molecule has 0 spiro atoms. The molecule has 3 aromatic carbocycles. The summed E-state index contributed by atoms with van der Waals surface area (Å²) in [5.74, 6) is 2.41. The Balaban J connectivity index is 1.05. The molecule has 3 aromatic rings. The molecule has 6 rings (SSSR count). The van der Waals surface area contributed by atoms with Crippen LogP contribution < -0.4 is 15.2 Å². The van der Waals surface area contributed by atoms with Crippen molar-refractivity contribution in [3.05, 3.63) is 65.2 Å². The standard InChI is InChI=1S/C35H43N5O5S2/c1-4-46-35(47-5-2)28-13-8-14-39(28)34(43)26-19-29(44-3)30(20-27(26)36)45-22-38-17-15-37(16-18-38)21-40-32(41)24-11-6-9-23-10-7-12-25(31(23)24)33(40)42/h6-7,9-12,19-20,28,35H,4-5,8,13-18,21-22,36H2,1-3H3/t28-/m0/s1. The van der Waals surface area contributed by atoms with E-state index in [0.29, 0.717) is 71.4 Å². The number of carbonyl (C=O) groups excluding carboxylic acids is 3. The van der Waals surface area contributed by atoms with E-state index in [2.05, 4.69) is 23.6 Å². The van der Waals surface area contributed by atoms with Crippen LogP contribution in [0.1, 0.15) is 57.8 Å². The Morgan fingerprint density at radius 3 is 2.17 bits per heavy atom. The minimum Gasteiger partial charge on any atom is -0.493 e. The number of nitrogens with zero attached hydrogens (tertiary/aromatic N) is 4. The summed E-state index contributed by atoms with van der Waals surface area (Å²) < 4.78 is 12.2. The number of thioether (sulfide) groups is 2. The molecule has 2 saturated heterocycles. The van der Waals surface area contributed by atoms with Crippen LogP contribution in [0.4, 0.5) is 5.69 Å². The van der Waals surface area contributed by atoms with Crippen molar-refractivity contribution in [1.29, 1.82) is 0 Å². The molecule has 3 aliphatic rings. The zero-order valence-electron chi connectivity index (χ0n) is 27.3. The SMILES string of the molecule is CCSC(SCC)[C@@H]1CCCN1C(=O)c1cc(OC)c(OCN2CCN(CN3C(=O)c4cccc5cccc(c45)C3=O)CC2)cc1N. The van der Waals surface area contributed by atoms with E-state index in [9.17, 15) is 14.4 Å². The first-order chi connectivity index (χ1) is 22.8. The third-order valence-corrected chi connectivity index (χ3v) is 11.9. The molecule has 3 amide bonds. The molecule has 0 bridgehead atoms. The highest BCUT2D eigenvalue weighted by molar-refractivity contribution is 8.17. The summed E-state index contributed by atoms with van der Waals surface area (Å²) in [4.78, 5) is 48.1. The number of benzene rings is 3. The van der Waals surface area contributed by atoms with E-state index >= 15 is 0 Å². The smallest absolute Gasteiger partial charge is 0.262 e. The van der Waals surface area contributed by atoms with Crippen molar-refractivity contribution in [2.24, 2.45) is 0 Å². The van der Waals surface area contributed by atoms with Gasteiger partial charge in [0.05, 0.1) is 30.0 Å². The van der Waals surface area contributed by atoms with Crippen LogP contribution >= 0.6 is 23.5 Å². The fourth-order valence-electron chi connectivity index (χ4n) is 6.74. The van der Waals surface area contributed by atoms with Crippen LogP contribution in [0.2, 0.25) is 0 Å². The average molecular weight is 678 g/mol. The second-order valence-electron chi connectivity index (χ2n) is 12.0. The minimum atomic E-state index is -0.253. The number of likely N-dealkylation sites (tertiary alicyclic amines) is 1. The quantitative estimate of drug-likeness (QED) is 0.159. The monoisotopic (exact) mass is 677 g/mol. The summed E-state index contributed by atoms with van der Waals surface area (Å²) in [6.07, 6.45) is 1.99. The van der Waals surface area contributed by atoms with Gasteiger partial charge in [-0.2, -0.15) is 0 Å². The number of carbonyl (C=O) groups is 3. The van der Waals surface area contributed by atoms with Crippen LogP contribution in [0.3, 0.4) is 0 Å². The molecular weight excluding hydrogens is 635 g/mol. The van der Waals surface area contributed by atoms with Crippen LogP contribution in [0, 0.1) is 0 Å². The van der Waals surface area contributed by atoms with Crippen LogP contribution in [0.5, 0.6) is 11.5 Å². The van der Waals surface area contributed by atoms with Gasteiger partial charge in [0, 0.05) is 61.0 Å². The third kappa shape index (κ3) is 6.78. The lowest BCUT2D eigenvalue weighted by atomic mass is 9.94. The number of methoxy groups -OCH3 is 1. The highest BCUT2D eigenvalue weighted by Gasteiger charge is 2.37. The van der Waals surface area contributed by atoms with Crippen molar-refractivity contribution in [3.63, 3.8) is 0 Å². The van der Waals surface area contributed by atoms with Crippen molar-refractivity contribution < 1.29 is 23.9 Å². The van der Waals surface area contributed by atoms with Crippen molar-refractivity contribution in [3.8, 4) is 11.5 Å². The van der Waals surface area contributed by atoms with Gasteiger partial charge in [0.1, 0.15) is 6.73 Å². The topological polar surface area (TPSA) is 109 Å². The van der Waals surface area contributed by atoms with Crippen molar-refractivity contribution in [1.82, 2.24) is 19.6 Å². The van der Waals surface area contributed by atoms with Crippen LogP contribution in [-0.4, -0.2) is 113 Å². The fraction of sp³-hybridized carbons (Fsp3) is 0.457. The maximum atomic E-state index is 13.8. The number of anilines is 1. The summed E-state index contributed by atoms with van der Waals surface area (Å²) in [6, 6.07) is 14.7. The number of rotatable bonds is 12. The van der Waals surface area contributed by atoms with Gasteiger partial charge in [-0.1, -0.05) is 38.1 Å². The number of amides is 3. The third-order valence-electron chi connectivity index (χ3n) is 9.17. The lowest BCUT2D eigenvalue weighted by Crippen LogP contribution is -2.53. The predicted molar refractivity (Wildman–Crippen MR) is 189 cm³/mol. The Kier molecular flexibility index (Phi) is 10.5. The van der Waals surface area contributed by atoms with Gasteiger partial charge in [-0.15, -0.1) is 23.5 Å². The zero-order chi connectivity index (χ0) is 33.1. The normalized spacial score (nSPS) is 18.9.